The molecule has 1 unspecified atom stereocenters. The van der Waals surface area contributed by atoms with E-state index < -0.39 is 30.1 Å². The number of carbonyl (C=O) groups excluding carboxylic acids is 2. The van der Waals surface area contributed by atoms with Gasteiger partial charge in [0.1, 0.15) is 6.04 Å². The summed E-state index contributed by atoms with van der Waals surface area (Å²) >= 11 is 12.9. The summed E-state index contributed by atoms with van der Waals surface area (Å²) in [4.78, 5) is 29.9. The Morgan fingerprint density at radius 2 is 1.82 bits per heavy atom. The maximum Gasteiger partial charge on any atom is 0.255 e. The number of nitrogens with one attached hydrogen (secondary N) is 1. The number of hydrogen-bond acceptors (Lipinski definition) is 4. The fraction of sp³-hybridized carbons (Fsp3) is 0.345. The normalized spacial score (nSPS) is 24.0. The maximum absolute atomic E-state index is 14.1. The van der Waals surface area contributed by atoms with Gasteiger partial charge in [-0.1, -0.05) is 60.3 Å². The van der Waals surface area contributed by atoms with Crippen molar-refractivity contribution >= 4 is 35.0 Å². The summed E-state index contributed by atoms with van der Waals surface area (Å²) in [7, 11) is 0. The van der Waals surface area contributed by atoms with Gasteiger partial charge in [-0.25, -0.2) is 0 Å². The van der Waals surface area contributed by atoms with E-state index in [0.717, 1.165) is 17.6 Å². The quantitative estimate of drug-likeness (QED) is 0.339. The first-order chi connectivity index (χ1) is 18.3. The molecule has 2 N–H and O–H groups in total. The second kappa shape index (κ2) is 10.9. The summed E-state index contributed by atoms with van der Waals surface area (Å²) < 4.78 is 0.724. The Hall–Kier alpha value is -3.13. The monoisotopic (exact) mass is 553 g/mol. The van der Waals surface area contributed by atoms with Crippen molar-refractivity contribution in [1.29, 1.82) is 0 Å². The highest BCUT2D eigenvalue weighted by Gasteiger charge is 2.49. The van der Waals surface area contributed by atoms with Gasteiger partial charge in [0.05, 0.1) is 24.1 Å². The third-order valence-corrected chi connectivity index (χ3v) is 8.21. The Balaban J connectivity index is 1.65. The van der Waals surface area contributed by atoms with Crippen molar-refractivity contribution < 1.29 is 19.4 Å². The van der Waals surface area contributed by atoms with Crippen LogP contribution in [-0.2, 0) is 4.79 Å². The number of carbonyl (C=O) groups is 2. The van der Waals surface area contributed by atoms with Gasteiger partial charge in [0.15, 0.2) is 6.20 Å². The Kier molecular flexibility index (Phi) is 7.61. The first-order valence-electron chi connectivity index (χ1n) is 12.8. The predicted molar refractivity (Wildman–Crippen MR) is 145 cm³/mol. The molecule has 0 radical (unpaired) electrons. The summed E-state index contributed by atoms with van der Waals surface area (Å²) in [6.07, 6.45) is 3.58. The van der Waals surface area contributed by atoms with Gasteiger partial charge in [-0.05, 0) is 55.2 Å². The lowest BCUT2D eigenvalue weighted by Gasteiger charge is -2.48. The molecule has 0 spiro atoms. The Bertz CT molecular complexity index is 1370. The molecule has 198 valence electrons. The molecule has 5 rings (SSSR count). The number of aliphatic hydroxyl groups is 1. The third kappa shape index (κ3) is 4.86. The lowest BCUT2D eigenvalue weighted by Crippen LogP contribution is -2.55. The van der Waals surface area contributed by atoms with Gasteiger partial charge >= 0.3 is 0 Å². The molecule has 38 heavy (non-hydrogen) atoms. The molecule has 7 nitrogen and oxygen atoms in total. The van der Waals surface area contributed by atoms with Crippen molar-refractivity contribution in [2.24, 2.45) is 0 Å². The van der Waals surface area contributed by atoms with E-state index in [2.05, 4.69) is 5.32 Å². The lowest BCUT2D eigenvalue weighted by molar-refractivity contribution is -0.615. The summed E-state index contributed by atoms with van der Waals surface area (Å²) in [6, 6.07) is 15.2. The molecular formula is C29H29Cl2N3O4. The number of halogens is 2. The predicted octanol–water partition coefficient (Wildman–Crippen LogP) is 5.09. The molecule has 2 amide bonds. The number of benzene rings is 2. The summed E-state index contributed by atoms with van der Waals surface area (Å²) in [5.74, 6) is -1.45. The molecular weight excluding hydrogens is 525 g/mol. The Morgan fingerprint density at radius 3 is 2.55 bits per heavy atom. The van der Waals surface area contributed by atoms with Gasteiger partial charge in [-0.3, -0.25) is 9.59 Å². The van der Waals surface area contributed by atoms with E-state index in [1.807, 2.05) is 0 Å². The van der Waals surface area contributed by atoms with Crippen LogP contribution >= 0.6 is 23.2 Å². The molecule has 1 aliphatic heterocycles. The van der Waals surface area contributed by atoms with Gasteiger partial charge < -0.3 is 20.5 Å². The van der Waals surface area contributed by atoms with Crippen molar-refractivity contribution in [2.75, 3.05) is 0 Å². The van der Waals surface area contributed by atoms with Gasteiger partial charge in [0.2, 0.25) is 11.6 Å². The number of aliphatic hydroxyl groups excluding tert-OH is 1. The number of fused-ring (bicyclic) bond motifs is 1. The number of nitrogens with zero attached hydrogens (tertiary/aromatic N) is 2. The Morgan fingerprint density at radius 1 is 1.08 bits per heavy atom. The molecule has 1 saturated carbocycles. The average Bonchev–Trinajstić information content (AvgIpc) is 2.89. The number of rotatable bonds is 5. The summed E-state index contributed by atoms with van der Waals surface area (Å²) in [6.45, 7) is 1.74. The number of aromatic nitrogens is 1. The molecule has 2 aromatic carbocycles. The fourth-order valence-corrected chi connectivity index (χ4v) is 6.36. The van der Waals surface area contributed by atoms with Crippen molar-refractivity contribution in [3.05, 3.63) is 104 Å². The van der Waals surface area contributed by atoms with Crippen LogP contribution in [0.4, 0.5) is 0 Å². The van der Waals surface area contributed by atoms with Gasteiger partial charge in [0.25, 0.3) is 5.91 Å². The maximum atomic E-state index is 14.1. The molecule has 5 atom stereocenters. The summed E-state index contributed by atoms with van der Waals surface area (Å²) in [5.41, 5.74) is 1.95. The van der Waals surface area contributed by atoms with Crippen LogP contribution in [0.2, 0.25) is 10.0 Å². The van der Waals surface area contributed by atoms with E-state index in [9.17, 15) is 19.9 Å². The summed E-state index contributed by atoms with van der Waals surface area (Å²) in [5, 5.41) is 27.2. The third-order valence-electron chi connectivity index (χ3n) is 7.65. The van der Waals surface area contributed by atoms with Crippen molar-refractivity contribution in [3.63, 3.8) is 0 Å². The van der Waals surface area contributed by atoms with E-state index in [1.54, 1.807) is 72.5 Å². The van der Waals surface area contributed by atoms with Gasteiger partial charge in [0, 0.05) is 27.7 Å². The molecule has 0 saturated heterocycles. The second-order valence-electron chi connectivity index (χ2n) is 9.99. The van der Waals surface area contributed by atoms with Crippen LogP contribution in [0.15, 0.2) is 66.9 Å². The van der Waals surface area contributed by atoms with Crippen LogP contribution in [-0.4, -0.2) is 34.0 Å². The van der Waals surface area contributed by atoms with Crippen LogP contribution in [0.25, 0.3) is 0 Å². The van der Waals surface area contributed by atoms with Crippen molar-refractivity contribution in [1.82, 2.24) is 10.2 Å². The fourth-order valence-electron chi connectivity index (χ4n) is 5.84. The van der Waals surface area contributed by atoms with Gasteiger partial charge in [-0.15, -0.1) is 0 Å². The largest absolute Gasteiger partial charge is 0.618 e. The molecule has 9 heteroatoms. The number of hydrogen-bond donors (Lipinski definition) is 2. The molecule has 0 bridgehead atoms. The zero-order chi connectivity index (χ0) is 27.0. The second-order valence-corrected chi connectivity index (χ2v) is 10.8. The van der Waals surface area contributed by atoms with Crippen molar-refractivity contribution in [3.8, 4) is 0 Å². The molecule has 2 aliphatic rings. The number of pyridine rings is 1. The van der Waals surface area contributed by atoms with E-state index in [1.165, 1.54) is 6.20 Å². The first kappa shape index (κ1) is 26.5. The smallest absolute Gasteiger partial charge is 0.255 e. The zero-order valence-electron chi connectivity index (χ0n) is 20.9. The highest BCUT2D eigenvalue weighted by atomic mass is 35.5. The van der Waals surface area contributed by atoms with Gasteiger partial charge in [-0.2, -0.15) is 4.73 Å². The van der Waals surface area contributed by atoms with Crippen LogP contribution < -0.4 is 10.0 Å². The first-order valence-corrected chi connectivity index (χ1v) is 13.6. The van der Waals surface area contributed by atoms with Crippen molar-refractivity contribution in [2.45, 2.75) is 62.8 Å². The molecule has 1 aromatic heterocycles. The minimum absolute atomic E-state index is 0.250. The van der Waals surface area contributed by atoms with E-state index in [4.69, 9.17) is 23.2 Å². The van der Waals surface area contributed by atoms with E-state index in [0.29, 0.717) is 45.3 Å². The molecule has 3 aromatic rings. The highest BCUT2D eigenvalue weighted by Crippen LogP contribution is 2.48. The molecule has 2 heterocycles. The average molecular weight is 554 g/mol. The Labute approximate surface area is 231 Å². The van der Waals surface area contributed by atoms with E-state index in [-0.39, 0.29) is 11.8 Å². The minimum Gasteiger partial charge on any atom is -0.618 e. The lowest BCUT2D eigenvalue weighted by atomic mass is 9.76. The van der Waals surface area contributed by atoms with Crippen LogP contribution in [0.1, 0.15) is 77.8 Å². The number of amides is 2. The molecule has 1 aliphatic carbocycles. The SMILES string of the molecule is CC(NC(=O)[C@@H]1c2ccccc2C(=O)N([C@H]2CCCC[C@@H]2O)[C@H]1c1ccc(Cl)cc1Cl)c1cccc[n+]1[O-]. The standard InChI is InChI=1S/C29H29Cl2N3O4/c1-17(23-10-6-7-15-33(23)38)32-28(36)26-19-8-2-3-9-20(19)29(37)34(24-11-4-5-12-25(24)35)27(26)21-14-13-18(30)16-22(21)31/h2-3,6-10,13-17,24-27,35H,4-5,11-12H2,1H3,(H,32,36)/t17?,24-,25-,26+,27-/m0/s1. The molecule has 1 fully saturated rings. The highest BCUT2D eigenvalue weighted by molar-refractivity contribution is 6.35. The van der Waals surface area contributed by atoms with E-state index >= 15 is 0 Å². The topological polar surface area (TPSA) is 96.6 Å². The van der Waals surface area contributed by atoms with Crippen LogP contribution in [0.3, 0.4) is 0 Å². The minimum atomic E-state index is -0.844. The van der Waals surface area contributed by atoms with Crippen LogP contribution in [0.5, 0.6) is 0 Å². The van der Waals surface area contributed by atoms with Crippen LogP contribution in [0, 0.1) is 5.21 Å². The zero-order valence-corrected chi connectivity index (χ0v) is 22.4.